The number of hydrogen-bond acceptors (Lipinski definition) is 3. The van der Waals surface area contributed by atoms with Gasteiger partial charge in [-0.15, -0.1) is 0 Å². The second-order valence-electron chi connectivity index (χ2n) is 5.37. The van der Waals surface area contributed by atoms with Gasteiger partial charge in [0, 0.05) is 5.54 Å². The molecular weight excluding hydrogens is 274 g/mol. The molecule has 0 spiro atoms. The predicted octanol–water partition coefficient (Wildman–Crippen LogP) is 2.99. The van der Waals surface area contributed by atoms with Gasteiger partial charge in [0.1, 0.15) is 0 Å². The van der Waals surface area contributed by atoms with E-state index in [0.717, 1.165) is 12.8 Å². The second kappa shape index (κ2) is 6.70. The van der Waals surface area contributed by atoms with E-state index in [2.05, 4.69) is 4.72 Å². The van der Waals surface area contributed by atoms with Gasteiger partial charge in [-0.2, -0.15) is 0 Å². The van der Waals surface area contributed by atoms with Gasteiger partial charge in [0.15, 0.2) is 0 Å². The van der Waals surface area contributed by atoms with Crippen LogP contribution >= 0.6 is 0 Å². The normalized spacial score (nSPS) is 14.2. The lowest BCUT2D eigenvalue weighted by atomic mass is 9.98. The van der Waals surface area contributed by atoms with Crippen molar-refractivity contribution in [3.05, 3.63) is 29.8 Å². The number of rotatable bonds is 7. The van der Waals surface area contributed by atoms with Crippen molar-refractivity contribution in [2.45, 2.75) is 63.5 Å². The van der Waals surface area contributed by atoms with Crippen LogP contribution in [-0.2, 0) is 10.0 Å². The highest BCUT2D eigenvalue weighted by Gasteiger charge is 2.27. The first-order valence-electron chi connectivity index (χ1n) is 7.10. The number of benzene rings is 1. The van der Waals surface area contributed by atoms with Gasteiger partial charge in [-0.05, 0) is 43.9 Å². The molecule has 0 fully saturated rings. The Labute approximate surface area is 122 Å². The van der Waals surface area contributed by atoms with Gasteiger partial charge in [0.2, 0.25) is 10.0 Å². The molecule has 114 valence electrons. The lowest BCUT2D eigenvalue weighted by molar-refractivity contribution is 0.173. The molecule has 0 saturated heterocycles. The van der Waals surface area contributed by atoms with E-state index in [9.17, 15) is 13.5 Å². The van der Waals surface area contributed by atoms with E-state index in [1.807, 2.05) is 27.7 Å². The standard InChI is InChI=1S/C15H25NO3S/c1-5-14(17)12-9-8-10-13(11-12)20(18,19)16-15(4,6-2)7-3/h8-11,14,16-17H,5-7H2,1-4H3. The number of hydrogen-bond donors (Lipinski definition) is 2. The molecule has 0 aromatic heterocycles. The molecular formula is C15H25NO3S. The fraction of sp³-hybridized carbons (Fsp3) is 0.600. The number of sulfonamides is 1. The molecule has 2 N–H and O–H groups in total. The Kier molecular flexibility index (Phi) is 5.74. The molecule has 0 aliphatic carbocycles. The summed E-state index contributed by atoms with van der Waals surface area (Å²) in [5.74, 6) is 0. The lowest BCUT2D eigenvalue weighted by Crippen LogP contribution is -2.44. The van der Waals surface area contributed by atoms with Gasteiger partial charge in [-0.3, -0.25) is 0 Å². The van der Waals surface area contributed by atoms with Crippen molar-refractivity contribution >= 4 is 10.0 Å². The van der Waals surface area contributed by atoms with E-state index in [0.29, 0.717) is 12.0 Å². The minimum Gasteiger partial charge on any atom is -0.388 e. The van der Waals surface area contributed by atoms with Crippen LogP contribution < -0.4 is 4.72 Å². The summed E-state index contributed by atoms with van der Waals surface area (Å²) in [5, 5.41) is 9.83. The van der Waals surface area contributed by atoms with Crippen LogP contribution in [0.2, 0.25) is 0 Å². The first kappa shape index (κ1) is 17.1. The SMILES string of the molecule is CCC(O)c1cccc(S(=O)(=O)NC(C)(CC)CC)c1. The fourth-order valence-electron chi connectivity index (χ4n) is 1.90. The van der Waals surface area contributed by atoms with Gasteiger partial charge in [-0.1, -0.05) is 32.9 Å². The molecule has 0 bridgehead atoms. The molecule has 0 heterocycles. The predicted molar refractivity (Wildman–Crippen MR) is 81.0 cm³/mol. The van der Waals surface area contributed by atoms with Crippen LogP contribution in [-0.4, -0.2) is 19.1 Å². The van der Waals surface area contributed by atoms with Crippen LogP contribution in [0.15, 0.2) is 29.2 Å². The van der Waals surface area contributed by atoms with E-state index in [4.69, 9.17) is 0 Å². The molecule has 1 rings (SSSR count). The van der Waals surface area contributed by atoms with Crippen molar-refractivity contribution in [1.82, 2.24) is 4.72 Å². The molecule has 20 heavy (non-hydrogen) atoms. The number of aliphatic hydroxyl groups excluding tert-OH is 1. The third-order valence-corrected chi connectivity index (χ3v) is 5.52. The Hall–Kier alpha value is -0.910. The average Bonchev–Trinajstić information content (AvgIpc) is 2.46. The van der Waals surface area contributed by atoms with Crippen molar-refractivity contribution in [3.8, 4) is 0 Å². The molecule has 4 nitrogen and oxygen atoms in total. The topological polar surface area (TPSA) is 66.4 Å². The van der Waals surface area contributed by atoms with Crippen LogP contribution in [0.25, 0.3) is 0 Å². The number of aliphatic hydroxyl groups is 1. The Morgan fingerprint density at radius 1 is 1.25 bits per heavy atom. The minimum atomic E-state index is -3.57. The third-order valence-electron chi connectivity index (χ3n) is 3.88. The monoisotopic (exact) mass is 299 g/mol. The third kappa shape index (κ3) is 4.04. The summed E-state index contributed by atoms with van der Waals surface area (Å²) < 4.78 is 27.6. The molecule has 0 aliphatic heterocycles. The zero-order valence-corrected chi connectivity index (χ0v) is 13.5. The van der Waals surface area contributed by atoms with E-state index in [-0.39, 0.29) is 4.90 Å². The molecule has 1 aromatic carbocycles. The highest BCUT2D eigenvalue weighted by Crippen LogP contribution is 2.22. The number of nitrogens with one attached hydrogen (secondary N) is 1. The molecule has 1 unspecified atom stereocenters. The van der Waals surface area contributed by atoms with E-state index >= 15 is 0 Å². The molecule has 1 aromatic rings. The average molecular weight is 299 g/mol. The maximum Gasteiger partial charge on any atom is 0.241 e. The molecule has 1 atom stereocenters. The van der Waals surface area contributed by atoms with Gasteiger partial charge in [0.05, 0.1) is 11.0 Å². The Bertz CT molecular complexity index is 536. The second-order valence-corrected chi connectivity index (χ2v) is 7.05. The van der Waals surface area contributed by atoms with Gasteiger partial charge in [0.25, 0.3) is 0 Å². The van der Waals surface area contributed by atoms with Gasteiger partial charge >= 0.3 is 0 Å². The highest BCUT2D eigenvalue weighted by atomic mass is 32.2. The molecule has 0 saturated carbocycles. The summed E-state index contributed by atoms with van der Waals surface area (Å²) in [6.07, 6.45) is 1.37. The largest absolute Gasteiger partial charge is 0.388 e. The summed E-state index contributed by atoms with van der Waals surface area (Å²) in [6, 6.07) is 6.51. The van der Waals surface area contributed by atoms with Crippen LogP contribution in [0.1, 0.15) is 58.6 Å². The quantitative estimate of drug-likeness (QED) is 0.813. The minimum absolute atomic E-state index is 0.204. The smallest absolute Gasteiger partial charge is 0.241 e. The van der Waals surface area contributed by atoms with Gasteiger partial charge in [-0.25, -0.2) is 13.1 Å². The summed E-state index contributed by atoms with van der Waals surface area (Å²) >= 11 is 0. The maximum absolute atomic E-state index is 12.4. The van der Waals surface area contributed by atoms with E-state index in [1.54, 1.807) is 24.3 Å². The molecule has 0 aliphatic rings. The molecule has 5 heteroatoms. The van der Waals surface area contributed by atoms with Crippen LogP contribution in [0, 0.1) is 0 Å². The van der Waals surface area contributed by atoms with Crippen LogP contribution in [0.3, 0.4) is 0 Å². The van der Waals surface area contributed by atoms with Crippen molar-refractivity contribution in [3.63, 3.8) is 0 Å². The summed E-state index contributed by atoms with van der Waals surface area (Å²) in [4.78, 5) is 0.204. The van der Waals surface area contributed by atoms with Crippen molar-refractivity contribution in [1.29, 1.82) is 0 Å². The fourth-order valence-corrected chi connectivity index (χ4v) is 3.51. The zero-order valence-electron chi connectivity index (χ0n) is 12.7. The highest BCUT2D eigenvalue weighted by molar-refractivity contribution is 7.89. The van der Waals surface area contributed by atoms with E-state index < -0.39 is 21.7 Å². The van der Waals surface area contributed by atoms with E-state index in [1.165, 1.54) is 0 Å². The van der Waals surface area contributed by atoms with Crippen LogP contribution in [0.4, 0.5) is 0 Å². The first-order valence-corrected chi connectivity index (χ1v) is 8.58. The molecule has 0 amide bonds. The van der Waals surface area contributed by atoms with Crippen molar-refractivity contribution < 1.29 is 13.5 Å². The summed E-state index contributed by atoms with van der Waals surface area (Å²) in [7, 11) is -3.57. The van der Waals surface area contributed by atoms with Gasteiger partial charge < -0.3 is 5.11 Å². The molecule has 0 radical (unpaired) electrons. The zero-order chi connectivity index (χ0) is 15.4. The maximum atomic E-state index is 12.4. The summed E-state index contributed by atoms with van der Waals surface area (Å²) in [6.45, 7) is 7.68. The van der Waals surface area contributed by atoms with Crippen molar-refractivity contribution in [2.75, 3.05) is 0 Å². The Morgan fingerprint density at radius 3 is 2.35 bits per heavy atom. The van der Waals surface area contributed by atoms with Crippen LogP contribution in [0.5, 0.6) is 0 Å². The summed E-state index contributed by atoms with van der Waals surface area (Å²) in [5.41, 5.74) is 0.183. The Morgan fingerprint density at radius 2 is 1.85 bits per heavy atom. The lowest BCUT2D eigenvalue weighted by Gasteiger charge is -2.28. The van der Waals surface area contributed by atoms with Crippen molar-refractivity contribution in [2.24, 2.45) is 0 Å². The Balaban J connectivity index is 3.10. The first-order chi connectivity index (χ1) is 9.28.